The minimum absolute atomic E-state index is 0.132. The van der Waals surface area contributed by atoms with Gasteiger partial charge in [-0.05, 0) is 83.7 Å². The molecule has 41 heavy (non-hydrogen) atoms. The number of thiocarbonyl (C=S) groups is 1. The molecule has 0 aliphatic carbocycles. The first kappa shape index (κ1) is 27.2. The van der Waals surface area contributed by atoms with E-state index in [2.05, 4.69) is 26.6 Å². The number of rotatable bonds is 5. The number of carbonyl (C=O) groups excluding carboxylic acids is 1. The molecule has 0 radical (unpaired) electrons. The molecule has 2 aromatic heterocycles. The highest BCUT2D eigenvalue weighted by Crippen LogP contribution is 2.35. The van der Waals surface area contributed by atoms with Crippen molar-refractivity contribution in [2.75, 3.05) is 5.32 Å². The number of hydrogen-bond donors (Lipinski definition) is 2. The van der Waals surface area contributed by atoms with Crippen molar-refractivity contribution in [3.8, 4) is 22.8 Å². The number of oxazole rings is 1. The third-order valence-electron chi connectivity index (χ3n) is 6.22. The Morgan fingerprint density at radius 1 is 0.902 bits per heavy atom. The van der Waals surface area contributed by atoms with Crippen molar-refractivity contribution in [2.24, 2.45) is 0 Å². The van der Waals surface area contributed by atoms with Gasteiger partial charge in [0.25, 0.3) is 0 Å². The summed E-state index contributed by atoms with van der Waals surface area (Å²) >= 11 is 21.3. The number of nitrogens with one attached hydrogen (secondary N) is 2. The van der Waals surface area contributed by atoms with Gasteiger partial charge >= 0.3 is 0 Å². The van der Waals surface area contributed by atoms with E-state index in [4.69, 9.17) is 49.2 Å². The topological polar surface area (TPSA) is 80.3 Å². The van der Waals surface area contributed by atoms with Crippen molar-refractivity contribution in [1.82, 2.24) is 10.3 Å². The SMILES string of the molecule is O=C(C=Cc1ccc(-c2cccc(Cl)c2Cl)o1)NC(=S)Nc1ccc2oc(-c3cccc4c(Br)cccc34)nc2c1. The lowest BCUT2D eigenvalue weighted by Crippen LogP contribution is -2.32. The molecule has 0 fully saturated rings. The number of halogens is 3. The molecule has 1 amide bonds. The Morgan fingerprint density at radius 3 is 2.56 bits per heavy atom. The summed E-state index contributed by atoms with van der Waals surface area (Å²) < 4.78 is 12.8. The number of nitrogens with zero attached hydrogens (tertiary/aromatic N) is 1. The van der Waals surface area contributed by atoms with Gasteiger partial charge in [-0.2, -0.15) is 0 Å². The number of carbonyl (C=O) groups is 1. The molecule has 0 saturated carbocycles. The molecule has 2 heterocycles. The minimum Gasteiger partial charge on any atom is -0.457 e. The minimum atomic E-state index is -0.423. The van der Waals surface area contributed by atoms with Crippen molar-refractivity contribution in [3.05, 3.63) is 111 Å². The molecule has 10 heteroatoms. The number of benzene rings is 4. The van der Waals surface area contributed by atoms with E-state index >= 15 is 0 Å². The average Bonchev–Trinajstić information content (AvgIpc) is 3.60. The van der Waals surface area contributed by atoms with Gasteiger partial charge in [0.2, 0.25) is 11.8 Å². The second-order valence-electron chi connectivity index (χ2n) is 8.92. The van der Waals surface area contributed by atoms with Crippen LogP contribution in [0.3, 0.4) is 0 Å². The lowest BCUT2D eigenvalue weighted by molar-refractivity contribution is -0.115. The summed E-state index contributed by atoms with van der Waals surface area (Å²) in [6.07, 6.45) is 2.86. The van der Waals surface area contributed by atoms with Crippen LogP contribution in [-0.2, 0) is 4.79 Å². The molecule has 202 valence electrons. The summed E-state index contributed by atoms with van der Waals surface area (Å²) in [6.45, 7) is 0. The van der Waals surface area contributed by atoms with Crippen LogP contribution in [0.25, 0.3) is 50.7 Å². The van der Waals surface area contributed by atoms with E-state index in [-0.39, 0.29) is 5.11 Å². The van der Waals surface area contributed by atoms with Crippen LogP contribution in [-0.4, -0.2) is 16.0 Å². The number of anilines is 1. The maximum atomic E-state index is 12.5. The molecule has 0 aliphatic rings. The van der Waals surface area contributed by atoms with Crippen LogP contribution in [0.15, 0.2) is 104 Å². The number of fused-ring (bicyclic) bond motifs is 2. The van der Waals surface area contributed by atoms with Gasteiger partial charge in [-0.1, -0.05) is 69.5 Å². The van der Waals surface area contributed by atoms with E-state index in [1.54, 1.807) is 42.5 Å². The average molecular weight is 663 g/mol. The van der Waals surface area contributed by atoms with Crippen LogP contribution < -0.4 is 10.6 Å². The monoisotopic (exact) mass is 661 g/mol. The molecule has 6 aromatic rings. The third kappa shape index (κ3) is 5.78. The molecule has 6 rings (SSSR count). The Balaban J connectivity index is 1.12. The Morgan fingerprint density at radius 2 is 1.68 bits per heavy atom. The molecule has 0 atom stereocenters. The zero-order chi connectivity index (χ0) is 28.5. The van der Waals surface area contributed by atoms with Crippen molar-refractivity contribution < 1.29 is 13.6 Å². The predicted molar refractivity (Wildman–Crippen MR) is 172 cm³/mol. The van der Waals surface area contributed by atoms with Crippen LogP contribution in [0, 0.1) is 0 Å². The lowest BCUT2D eigenvalue weighted by Gasteiger charge is -2.07. The number of hydrogen-bond acceptors (Lipinski definition) is 5. The molecule has 6 nitrogen and oxygen atoms in total. The second-order valence-corrected chi connectivity index (χ2v) is 11.0. The lowest BCUT2D eigenvalue weighted by atomic mass is 10.0. The maximum absolute atomic E-state index is 12.5. The fraction of sp³-hybridized carbons (Fsp3) is 0. The highest BCUT2D eigenvalue weighted by molar-refractivity contribution is 9.10. The third-order valence-corrected chi connectivity index (χ3v) is 7.94. The van der Waals surface area contributed by atoms with E-state index < -0.39 is 5.91 Å². The number of aromatic nitrogens is 1. The Bertz CT molecular complexity index is 2000. The van der Waals surface area contributed by atoms with Crippen molar-refractivity contribution in [2.45, 2.75) is 0 Å². The fourth-order valence-electron chi connectivity index (χ4n) is 4.33. The standard InChI is InChI=1S/C31H18BrCl2N3O3S/c32-23-8-2-4-19-20(23)5-1-6-21(19)30-36-25-16-17(10-13-27(25)40-30)35-31(41)37-28(38)15-12-18-11-14-26(39-18)22-7-3-9-24(33)29(22)34/h1-16H,(H2,35,37,38,41). The van der Waals surface area contributed by atoms with Gasteiger partial charge in [-0.25, -0.2) is 4.98 Å². The van der Waals surface area contributed by atoms with Gasteiger partial charge in [0.1, 0.15) is 17.0 Å². The zero-order valence-electron chi connectivity index (χ0n) is 21.0. The molecular weight excluding hydrogens is 645 g/mol. The van der Waals surface area contributed by atoms with Crippen LogP contribution in [0.4, 0.5) is 5.69 Å². The first-order valence-electron chi connectivity index (χ1n) is 12.3. The van der Waals surface area contributed by atoms with Crippen molar-refractivity contribution in [3.63, 3.8) is 0 Å². The highest BCUT2D eigenvalue weighted by atomic mass is 79.9. The van der Waals surface area contributed by atoms with Crippen LogP contribution in [0.5, 0.6) is 0 Å². The van der Waals surface area contributed by atoms with E-state index in [0.717, 1.165) is 20.8 Å². The summed E-state index contributed by atoms with van der Waals surface area (Å²) in [5.41, 5.74) is 3.49. The molecule has 0 spiro atoms. The molecule has 4 aromatic carbocycles. The second kappa shape index (κ2) is 11.5. The Labute approximate surface area is 258 Å². The fourth-order valence-corrected chi connectivity index (χ4v) is 5.44. The molecule has 0 aliphatic heterocycles. The van der Waals surface area contributed by atoms with E-state index in [9.17, 15) is 4.79 Å². The van der Waals surface area contributed by atoms with Crippen LogP contribution >= 0.6 is 51.3 Å². The zero-order valence-corrected chi connectivity index (χ0v) is 24.9. The van der Waals surface area contributed by atoms with E-state index in [1.165, 1.54) is 12.2 Å². The summed E-state index contributed by atoms with van der Waals surface area (Å²) in [7, 11) is 0. The van der Waals surface area contributed by atoms with Gasteiger partial charge in [0.05, 0.1) is 10.0 Å². The van der Waals surface area contributed by atoms with E-state index in [1.807, 2.05) is 42.5 Å². The van der Waals surface area contributed by atoms with Crippen LogP contribution in [0.1, 0.15) is 5.76 Å². The summed E-state index contributed by atoms with van der Waals surface area (Å²) in [4.78, 5) is 17.2. The van der Waals surface area contributed by atoms with Gasteiger partial charge < -0.3 is 14.2 Å². The normalized spacial score (nSPS) is 11.4. The summed E-state index contributed by atoms with van der Waals surface area (Å²) in [6, 6.07) is 26.2. The van der Waals surface area contributed by atoms with E-state index in [0.29, 0.717) is 49.8 Å². The van der Waals surface area contributed by atoms with Crippen molar-refractivity contribution >= 4 is 96.0 Å². The molecule has 0 unspecified atom stereocenters. The Hall–Kier alpha value is -3.95. The number of amides is 1. The Kier molecular flexibility index (Phi) is 7.64. The van der Waals surface area contributed by atoms with Gasteiger partial charge in [-0.3, -0.25) is 10.1 Å². The van der Waals surface area contributed by atoms with Crippen molar-refractivity contribution in [1.29, 1.82) is 0 Å². The molecular formula is C31H18BrCl2N3O3S. The molecule has 0 saturated heterocycles. The number of furan rings is 1. The molecule has 0 bridgehead atoms. The van der Waals surface area contributed by atoms with Gasteiger partial charge in [0.15, 0.2) is 10.7 Å². The highest BCUT2D eigenvalue weighted by Gasteiger charge is 2.14. The quantitative estimate of drug-likeness (QED) is 0.141. The van der Waals surface area contributed by atoms with Crippen LogP contribution in [0.2, 0.25) is 10.0 Å². The summed E-state index contributed by atoms with van der Waals surface area (Å²) in [5.74, 6) is 1.10. The predicted octanol–water partition coefficient (Wildman–Crippen LogP) is 9.50. The largest absolute Gasteiger partial charge is 0.457 e. The maximum Gasteiger partial charge on any atom is 0.250 e. The summed E-state index contributed by atoms with van der Waals surface area (Å²) in [5, 5.41) is 8.70. The smallest absolute Gasteiger partial charge is 0.250 e. The van der Waals surface area contributed by atoms with Gasteiger partial charge in [0, 0.05) is 27.4 Å². The molecule has 2 N–H and O–H groups in total. The first-order chi connectivity index (χ1) is 19.9. The van der Waals surface area contributed by atoms with Gasteiger partial charge in [-0.15, -0.1) is 0 Å². The first-order valence-corrected chi connectivity index (χ1v) is 14.2.